The van der Waals surface area contributed by atoms with E-state index in [2.05, 4.69) is 29.7 Å². The van der Waals surface area contributed by atoms with Crippen molar-refractivity contribution < 1.29 is 5.11 Å². The van der Waals surface area contributed by atoms with E-state index in [1.54, 1.807) is 0 Å². The van der Waals surface area contributed by atoms with Crippen molar-refractivity contribution in [2.24, 2.45) is 0 Å². The number of anilines is 2. The van der Waals surface area contributed by atoms with Crippen molar-refractivity contribution in [2.75, 3.05) is 36.0 Å². The molecule has 5 aromatic rings. The minimum absolute atomic E-state index is 0.289. The molecule has 0 saturated heterocycles. The number of rotatable bonds is 14. The van der Waals surface area contributed by atoms with Gasteiger partial charge in [0.1, 0.15) is 0 Å². The van der Waals surface area contributed by atoms with Gasteiger partial charge in [0, 0.05) is 99.4 Å². The van der Waals surface area contributed by atoms with Gasteiger partial charge in [0.25, 0.3) is 0 Å². The van der Waals surface area contributed by atoms with Crippen LogP contribution in [0.15, 0.2) is 116 Å². The molecule has 4 aromatic heterocycles. The van der Waals surface area contributed by atoms with Gasteiger partial charge in [-0.05, 0) is 60.7 Å². The summed E-state index contributed by atoms with van der Waals surface area (Å²) in [4.78, 5) is 22.6. The molecule has 0 spiro atoms. The van der Waals surface area contributed by atoms with E-state index < -0.39 is 0 Å². The highest BCUT2D eigenvalue weighted by molar-refractivity contribution is 5.72. The molecule has 0 bridgehead atoms. The molecule has 0 aliphatic heterocycles. The zero-order valence-electron chi connectivity index (χ0n) is 23.3. The van der Waals surface area contributed by atoms with Crippen LogP contribution in [0.4, 0.5) is 11.4 Å². The number of hydrogen-bond acceptors (Lipinski definition) is 7. The van der Waals surface area contributed by atoms with Crippen LogP contribution in [0.2, 0.25) is 0 Å². The SMILES string of the molecule is Oc1c(N(CCc2ccccn2)CCc2ccccn2)cccc1N(CCc1ccccn1)CCc1ccccn1. The quantitative estimate of drug-likeness (QED) is 0.196. The lowest BCUT2D eigenvalue weighted by molar-refractivity contribution is 0.471. The first-order valence-corrected chi connectivity index (χ1v) is 14.2. The molecule has 41 heavy (non-hydrogen) atoms. The lowest BCUT2D eigenvalue weighted by atomic mass is 10.1. The minimum Gasteiger partial charge on any atom is -0.504 e. The molecule has 0 aliphatic carbocycles. The third-order valence-electron chi connectivity index (χ3n) is 7.13. The van der Waals surface area contributed by atoms with Crippen LogP contribution in [0.3, 0.4) is 0 Å². The smallest absolute Gasteiger partial charge is 0.162 e. The molecule has 0 saturated carbocycles. The molecule has 1 aromatic carbocycles. The minimum atomic E-state index is 0.289. The van der Waals surface area contributed by atoms with Gasteiger partial charge in [-0.1, -0.05) is 30.3 Å². The van der Waals surface area contributed by atoms with Gasteiger partial charge in [-0.25, -0.2) is 0 Å². The number of phenolic OH excluding ortho intramolecular Hbond substituents is 1. The lowest BCUT2D eigenvalue weighted by Crippen LogP contribution is -2.31. The van der Waals surface area contributed by atoms with Gasteiger partial charge in [-0.3, -0.25) is 19.9 Å². The fraction of sp³-hybridized carbons (Fsp3) is 0.235. The Labute approximate surface area is 242 Å². The maximum Gasteiger partial charge on any atom is 0.162 e. The molecule has 0 aliphatic rings. The van der Waals surface area contributed by atoms with E-state index in [9.17, 15) is 5.11 Å². The fourth-order valence-corrected chi connectivity index (χ4v) is 4.92. The topological polar surface area (TPSA) is 78.3 Å². The van der Waals surface area contributed by atoms with Gasteiger partial charge in [-0.15, -0.1) is 0 Å². The molecule has 208 valence electrons. The Morgan fingerprint density at radius 3 is 1.00 bits per heavy atom. The van der Waals surface area contributed by atoms with Gasteiger partial charge in [-0.2, -0.15) is 0 Å². The standard InChI is InChI=1S/C34H36N6O/c41-34-32(39(24-16-28-10-1-5-20-35-28)25-17-29-11-2-6-21-36-29)14-9-15-33(34)40(26-18-30-12-3-7-22-37-30)27-19-31-13-4-8-23-38-31/h1-15,20-23,41H,16-19,24-27H2. The third kappa shape index (κ3) is 8.11. The highest BCUT2D eigenvalue weighted by Gasteiger charge is 2.19. The first kappa shape index (κ1) is 27.8. The van der Waals surface area contributed by atoms with Crippen molar-refractivity contribution in [1.82, 2.24) is 19.9 Å². The highest BCUT2D eigenvalue weighted by atomic mass is 16.3. The Bertz CT molecular complexity index is 1260. The molecule has 0 amide bonds. The summed E-state index contributed by atoms with van der Waals surface area (Å²) < 4.78 is 0. The number of pyridine rings is 4. The van der Waals surface area contributed by atoms with Crippen molar-refractivity contribution >= 4 is 11.4 Å². The lowest BCUT2D eigenvalue weighted by Gasteiger charge is -2.30. The predicted octanol–water partition coefficient (Wildman–Crippen LogP) is 5.56. The molecule has 7 heteroatoms. The second-order valence-corrected chi connectivity index (χ2v) is 9.90. The summed E-state index contributed by atoms with van der Waals surface area (Å²) in [6, 6.07) is 30.0. The van der Waals surface area contributed by atoms with Crippen LogP contribution in [-0.4, -0.2) is 51.2 Å². The summed E-state index contributed by atoms with van der Waals surface area (Å²) in [7, 11) is 0. The second-order valence-electron chi connectivity index (χ2n) is 9.90. The van der Waals surface area contributed by atoms with E-state index in [1.807, 2.05) is 116 Å². The van der Waals surface area contributed by atoms with E-state index >= 15 is 0 Å². The number of hydrogen-bond donors (Lipinski definition) is 1. The molecule has 0 radical (unpaired) electrons. The van der Waals surface area contributed by atoms with Crippen molar-refractivity contribution in [1.29, 1.82) is 0 Å². The molecule has 0 fully saturated rings. The predicted molar refractivity (Wildman–Crippen MR) is 164 cm³/mol. The number of nitrogens with zero attached hydrogens (tertiary/aromatic N) is 6. The van der Waals surface area contributed by atoms with Crippen LogP contribution >= 0.6 is 0 Å². The normalized spacial score (nSPS) is 10.8. The first-order valence-electron chi connectivity index (χ1n) is 14.2. The van der Waals surface area contributed by atoms with Gasteiger partial charge in [0.2, 0.25) is 0 Å². The average molecular weight is 545 g/mol. The maximum atomic E-state index is 11.8. The highest BCUT2D eigenvalue weighted by Crippen LogP contribution is 2.37. The van der Waals surface area contributed by atoms with E-state index in [0.717, 1.165) is 86.0 Å². The molecule has 4 heterocycles. The Kier molecular flexibility index (Phi) is 9.86. The van der Waals surface area contributed by atoms with Gasteiger partial charge >= 0.3 is 0 Å². The van der Waals surface area contributed by atoms with Crippen LogP contribution < -0.4 is 9.80 Å². The second kappa shape index (κ2) is 14.6. The number of aromatic nitrogens is 4. The van der Waals surface area contributed by atoms with Crippen LogP contribution in [0.5, 0.6) is 5.75 Å². The van der Waals surface area contributed by atoms with Crippen LogP contribution in [0, 0.1) is 0 Å². The summed E-state index contributed by atoms with van der Waals surface area (Å²) in [5.74, 6) is 0.289. The van der Waals surface area contributed by atoms with Crippen molar-refractivity contribution in [3.05, 3.63) is 139 Å². The molecule has 1 N–H and O–H groups in total. The first-order chi connectivity index (χ1) is 20.3. The maximum absolute atomic E-state index is 11.8. The van der Waals surface area contributed by atoms with E-state index in [1.165, 1.54) is 0 Å². The van der Waals surface area contributed by atoms with Crippen LogP contribution in [0.1, 0.15) is 22.8 Å². The summed E-state index contributed by atoms with van der Waals surface area (Å²) in [5, 5.41) is 11.8. The summed E-state index contributed by atoms with van der Waals surface area (Å²) in [6.07, 6.45) is 10.4. The monoisotopic (exact) mass is 544 g/mol. The Morgan fingerprint density at radius 1 is 0.415 bits per heavy atom. The number of benzene rings is 1. The molecular formula is C34H36N6O. The Morgan fingerprint density at radius 2 is 0.732 bits per heavy atom. The number of phenols is 1. The van der Waals surface area contributed by atoms with Crippen LogP contribution in [-0.2, 0) is 25.7 Å². The largest absolute Gasteiger partial charge is 0.504 e. The summed E-state index contributed by atoms with van der Waals surface area (Å²) >= 11 is 0. The van der Waals surface area contributed by atoms with Crippen molar-refractivity contribution in [2.45, 2.75) is 25.7 Å². The van der Waals surface area contributed by atoms with Crippen LogP contribution in [0.25, 0.3) is 0 Å². The zero-order valence-corrected chi connectivity index (χ0v) is 23.3. The molecule has 7 nitrogen and oxygen atoms in total. The van der Waals surface area contributed by atoms with E-state index in [4.69, 9.17) is 0 Å². The molecule has 5 rings (SSSR count). The van der Waals surface area contributed by atoms with E-state index in [0.29, 0.717) is 0 Å². The van der Waals surface area contributed by atoms with E-state index in [-0.39, 0.29) is 5.75 Å². The number of para-hydroxylation sites is 1. The third-order valence-corrected chi connectivity index (χ3v) is 7.13. The number of aromatic hydroxyl groups is 1. The van der Waals surface area contributed by atoms with Gasteiger partial charge in [0.05, 0.1) is 11.4 Å². The fourth-order valence-electron chi connectivity index (χ4n) is 4.92. The molecule has 0 atom stereocenters. The van der Waals surface area contributed by atoms with Crippen molar-refractivity contribution in [3.63, 3.8) is 0 Å². The molecule has 0 unspecified atom stereocenters. The zero-order chi connectivity index (χ0) is 28.1. The van der Waals surface area contributed by atoms with Gasteiger partial charge < -0.3 is 14.9 Å². The average Bonchev–Trinajstić information content (AvgIpc) is 3.04. The Hall–Kier alpha value is -4.78. The van der Waals surface area contributed by atoms with Gasteiger partial charge in [0.15, 0.2) is 5.75 Å². The summed E-state index contributed by atoms with van der Waals surface area (Å²) in [6.45, 7) is 2.90. The summed E-state index contributed by atoms with van der Waals surface area (Å²) in [5.41, 5.74) is 5.73. The van der Waals surface area contributed by atoms with Crippen molar-refractivity contribution in [3.8, 4) is 5.75 Å². The Balaban J connectivity index is 1.40. The molecular weight excluding hydrogens is 508 g/mol.